The number of hydrogen-bond donors (Lipinski definition) is 1. The molecule has 2 aromatic carbocycles. The zero-order chi connectivity index (χ0) is 15.6. The van der Waals surface area contributed by atoms with E-state index in [9.17, 15) is 5.11 Å². The van der Waals surface area contributed by atoms with E-state index < -0.39 is 0 Å². The number of hydrogen-bond acceptors (Lipinski definition) is 2. The number of para-hydroxylation sites is 1. The number of aliphatic imine (C=N–C) groups is 1. The monoisotopic (exact) mass is 281 g/mol. The van der Waals surface area contributed by atoms with E-state index in [1.807, 2.05) is 24.4 Å². The van der Waals surface area contributed by atoms with Crippen LogP contribution in [0.2, 0.25) is 0 Å². The largest absolute Gasteiger partial charge is 0.505 e. The second-order valence-electron chi connectivity index (χ2n) is 5.94. The maximum atomic E-state index is 10.3. The quantitative estimate of drug-likeness (QED) is 0.771. The Morgan fingerprint density at radius 2 is 1.67 bits per heavy atom. The van der Waals surface area contributed by atoms with Gasteiger partial charge in [0.1, 0.15) is 11.4 Å². The predicted molar refractivity (Wildman–Crippen MR) is 90.1 cm³/mol. The van der Waals surface area contributed by atoms with Gasteiger partial charge in [0.15, 0.2) is 0 Å². The Kier molecular flexibility index (Phi) is 4.46. The summed E-state index contributed by atoms with van der Waals surface area (Å²) in [5, 5.41) is 10.3. The first-order chi connectivity index (χ1) is 9.90. The summed E-state index contributed by atoms with van der Waals surface area (Å²) in [5.41, 5.74) is 6.34. The van der Waals surface area contributed by atoms with Crippen LogP contribution in [0.3, 0.4) is 0 Å². The van der Waals surface area contributed by atoms with Crippen LogP contribution in [0.25, 0.3) is 0 Å². The summed E-state index contributed by atoms with van der Waals surface area (Å²) in [5.74, 6) is 0.564. The predicted octanol–water partition coefficient (Wildman–Crippen LogP) is 5.19. The third kappa shape index (κ3) is 3.33. The Labute approximate surface area is 127 Å². The molecule has 0 saturated carbocycles. The summed E-state index contributed by atoms with van der Waals surface area (Å²) in [6, 6.07) is 10.0. The first-order valence-electron chi connectivity index (χ1n) is 7.34. The van der Waals surface area contributed by atoms with Gasteiger partial charge in [-0.15, -0.1) is 0 Å². The maximum absolute atomic E-state index is 10.3. The molecule has 2 heteroatoms. The fourth-order valence-electron chi connectivity index (χ4n) is 2.65. The molecule has 0 saturated heterocycles. The zero-order valence-electron chi connectivity index (χ0n) is 13.4. The van der Waals surface area contributed by atoms with Crippen LogP contribution in [0.15, 0.2) is 35.3 Å². The minimum atomic E-state index is 0.281. The van der Waals surface area contributed by atoms with Gasteiger partial charge in [-0.3, -0.25) is 4.99 Å². The molecule has 0 atom stereocenters. The van der Waals surface area contributed by atoms with E-state index in [1.165, 1.54) is 16.7 Å². The molecule has 21 heavy (non-hydrogen) atoms. The third-order valence-electron chi connectivity index (χ3n) is 3.74. The lowest BCUT2D eigenvalue weighted by Gasteiger charge is -2.10. The molecule has 2 aromatic rings. The van der Waals surface area contributed by atoms with Gasteiger partial charge in [0, 0.05) is 6.21 Å². The average molecular weight is 281 g/mol. The highest BCUT2D eigenvalue weighted by atomic mass is 16.3. The van der Waals surface area contributed by atoms with Crippen LogP contribution in [0.5, 0.6) is 5.75 Å². The van der Waals surface area contributed by atoms with E-state index in [-0.39, 0.29) is 11.7 Å². The fraction of sp³-hybridized carbons (Fsp3) is 0.316. The number of rotatable bonds is 3. The van der Waals surface area contributed by atoms with E-state index in [0.717, 1.165) is 11.1 Å². The number of phenolic OH excluding ortho intramolecular Hbond substituents is 1. The van der Waals surface area contributed by atoms with E-state index in [0.29, 0.717) is 5.69 Å². The van der Waals surface area contributed by atoms with Gasteiger partial charge in [-0.2, -0.15) is 0 Å². The van der Waals surface area contributed by atoms with E-state index in [2.05, 4.69) is 51.7 Å². The zero-order valence-corrected chi connectivity index (χ0v) is 13.4. The van der Waals surface area contributed by atoms with Crippen molar-refractivity contribution in [2.75, 3.05) is 0 Å². The summed E-state index contributed by atoms with van der Waals surface area (Å²) in [7, 11) is 0. The van der Waals surface area contributed by atoms with Gasteiger partial charge >= 0.3 is 0 Å². The van der Waals surface area contributed by atoms with Crippen LogP contribution in [0.1, 0.15) is 47.6 Å². The second-order valence-corrected chi connectivity index (χ2v) is 5.94. The fourth-order valence-corrected chi connectivity index (χ4v) is 2.65. The van der Waals surface area contributed by atoms with Gasteiger partial charge in [-0.05, 0) is 55.0 Å². The molecule has 0 spiro atoms. The molecule has 0 aliphatic carbocycles. The van der Waals surface area contributed by atoms with E-state index >= 15 is 0 Å². The molecule has 0 fully saturated rings. The standard InChI is InChI=1S/C19H23NO/c1-12(2)16-7-6-8-18(19(16)21)20-11-17-14(4)9-13(3)10-15(17)5/h6-12,21H,1-5H3. The molecule has 0 aromatic heterocycles. The van der Waals surface area contributed by atoms with Crippen LogP contribution in [-0.4, -0.2) is 11.3 Å². The lowest BCUT2D eigenvalue weighted by molar-refractivity contribution is 0.466. The van der Waals surface area contributed by atoms with E-state index in [4.69, 9.17) is 0 Å². The van der Waals surface area contributed by atoms with Gasteiger partial charge in [-0.1, -0.05) is 43.7 Å². The molecule has 0 bridgehead atoms. The second kappa shape index (κ2) is 6.13. The Morgan fingerprint density at radius 3 is 2.24 bits per heavy atom. The average Bonchev–Trinajstić information content (AvgIpc) is 2.38. The van der Waals surface area contributed by atoms with Crippen molar-refractivity contribution >= 4 is 11.9 Å². The summed E-state index contributed by atoms with van der Waals surface area (Å²) < 4.78 is 0. The summed E-state index contributed by atoms with van der Waals surface area (Å²) >= 11 is 0. The Morgan fingerprint density at radius 1 is 1.05 bits per heavy atom. The van der Waals surface area contributed by atoms with Crippen molar-refractivity contribution in [3.05, 3.63) is 58.1 Å². The minimum absolute atomic E-state index is 0.281. The highest BCUT2D eigenvalue weighted by molar-refractivity contribution is 5.86. The molecule has 0 heterocycles. The number of benzene rings is 2. The number of aromatic hydroxyl groups is 1. The summed E-state index contributed by atoms with van der Waals surface area (Å²) in [6.07, 6.45) is 1.85. The van der Waals surface area contributed by atoms with Crippen LogP contribution in [-0.2, 0) is 0 Å². The molecular formula is C19H23NO. The van der Waals surface area contributed by atoms with Gasteiger partial charge in [0.05, 0.1) is 0 Å². The molecular weight excluding hydrogens is 258 g/mol. The van der Waals surface area contributed by atoms with Crippen LogP contribution >= 0.6 is 0 Å². The van der Waals surface area contributed by atoms with Crippen LogP contribution in [0.4, 0.5) is 5.69 Å². The Bertz CT molecular complexity index is 661. The number of phenols is 1. The van der Waals surface area contributed by atoms with E-state index in [1.54, 1.807) is 0 Å². The smallest absolute Gasteiger partial charge is 0.144 e. The van der Waals surface area contributed by atoms with Crippen molar-refractivity contribution in [1.82, 2.24) is 0 Å². The summed E-state index contributed by atoms with van der Waals surface area (Å²) in [4.78, 5) is 4.50. The topological polar surface area (TPSA) is 32.6 Å². The molecule has 0 aliphatic heterocycles. The number of nitrogens with zero attached hydrogens (tertiary/aromatic N) is 1. The van der Waals surface area contributed by atoms with Crippen molar-refractivity contribution in [3.8, 4) is 5.75 Å². The van der Waals surface area contributed by atoms with Gasteiger partial charge in [-0.25, -0.2) is 0 Å². The van der Waals surface area contributed by atoms with Crippen molar-refractivity contribution in [2.24, 2.45) is 4.99 Å². The normalized spacial score (nSPS) is 11.5. The first kappa shape index (κ1) is 15.3. The van der Waals surface area contributed by atoms with Gasteiger partial charge in [0.2, 0.25) is 0 Å². The molecule has 0 amide bonds. The maximum Gasteiger partial charge on any atom is 0.144 e. The SMILES string of the molecule is Cc1cc(C)c(C=Nc2cccc(C(C)C)c2O)c(C)c1. The Balaban J connectivity index is 2.41. The third-order valence-corrected chi connectivity index (χ3v) is 3.74. The van der Waals surface area contributed by atoms with Crippen molar-refractivity contribution in [1.29, 1.82) is 0 Å². The molecule has 0 aliphatic rings. The van der Waals surface area contributed by atoms with Crippen molar-refractivity contribution in [3.63, 3.8) is 0 Å². The highest BCUT2D eigenvalue weighted by Gasteiger charge is 2.09. The molecule has 2 nitrogen and oxygen atoms in total. The lowest BCUT2D eigenvalue weighted by Crippen LogP contribution is -1.93. The van der Waals surface area contributed by atoms with Crippen molar-refractivity contribution in [2.45, 2.75) is 40.5 Å². The summed E-state index contributed by atoms with van der Waals surface area (Å²) in [6.45, 7) is 10.4. The Hall–Kier alpha value is -2.09. The number of aryl methyl sites for hydroxylation is 3. The minimum Gasteiger partial charge on any atom is -0.505 e. The molecule has 0 unspecified atom stereocenters. The molecule has 1 N–H and O–H groups in total. The van der Waals surface area contributed by atoms with Gasteiger partial charge in [0.25, 0.3) is 0 Å². The van der Waals surface area contributed by atoms with Crippen molar-refractivity contribution < 1.29 is 5.11 Å². The molecule has 110 valence electrons. The first-order valence-corrected chi connectivity index (χ1v) is 7.34. The molecule has 2 rings (SSSR count). The molecule has 0 radical (unpaired) electrons. The van der Waals surface area contributed by atoms with Crippen LogP contribution in [0, 0.1) is 20.8 Å². The van der Waals surface area contributed by atoms with Crippen LogP contribution < -0.4 is 0 Å². The lowest BCUT2D eigenvalue weighted by atomic mass is 10.0. The van der Waals surface area contributed by atoms with Gasteiger partial charge < -0.3 is 5.11 Å². The highest BCUT2D eigenvalue weighted by Crippen LogP contribution is 2.34.